The molecular formula is C11H12N2OS2. The first-order chi connectivity index (χ1) is 7.78. The molecule has 0 aliphatic carbocycles. The molecule has 0 unspecified atom stereocenters. The van der Waals surface area contributed by atoms with Gasteiger partial charge in [-0.1, -0.05) is 41.6 Å². The summed E-state index contributed by atoms with van der Waals surface area (Å²) in [6.07, 6.45) is 1.95. The van der Waals surface area contributed by atoms with Gasteiger partial charge in [0.05, 0.1) is 0 Å². The lowest BCUT2D eigenvalue weighted by atomic mass is 10.1. The van der Waals surface area contributed by atoms with E-state index in [1.54, 1.807) is 0 Å². The van der Waals surface area contributed by atoms with E-state index in [-0.39, 0.29) is 0 Å². The maximum Gasteiger partial charge on any atom is 0.294 e. The van der Waals surface area contributed by atoms with Gasteiger partial charge < -0.3 is 4.74 Å². The summed E-state index contributed by atoms with van der Waals surface area (Å²) in [5, 5.41) is 1.40. The van der Waals surface area contributed by atoms with Crippen LogP contribution in [0.5, 0.6) is 5.19 Å². The molecule has 0 fully saturated rings. The van der Waals surface area contributed by atoms with Crippen molar-refractivity contribution in [2.75, 3.05) is 6.26 Å². The quantitative estimate of drug-likeness (QED) is 0.783. The Hall–Kier alpha value is -1.07. The molecule has 5 heteroatoms. The first-order valence-corrected chi connectivity index (χ1v) is 6.84. The minimum Gasteiger partial charge on any atom is -0.464 e. The summed E-state index contributed by atoms with van der Waals surface area (Å²) in [4.78, 5) is 4.21. The zero-order chi connectivity index (χ0) is 11.4. The Morgan fingerprint density at radius 1 is 1.44 bits per heavy atom. The maximum absolute atomic E-state index is 5.56. The second kappa shape index (κ2) is 5.32. The summed E-state index contributed by atoms with van der Waals surface area (Å²) in [5.41, 5.74) is 2.39. The van der Waals surface area contributed by atoms with Crippen LogP contribution in [0.15, 0.2) is 29.4 Å². The molecule has 0 atom stereocenters. The van der Waals surface area contributed by atoms with E-state index in [0.29, 0.717) is 11.8 Å². The first-order valence-electron chi connectivity index (χ1n) is 4.84. The van der Waals surface area contributed by atoms with Gasteiger partial charge in [-0.25, -0.2) is 0 Å². The Labute approximate surface area is 103 Å². The summed E-state index contributed by atoms with van der Waals surface area (Å²) < 4.78 is 9.69. The van der Waals surface area contributed by atoms with Crippen LogP contribution in [0.25, 0.3) is 0 Å². The Morgan fingerprint density at radius 3 is 3.00 bits per heavy atom. The zero-order valence-electron chi connectivity index (χ0n) is 9.14. The van der Waals surface area contributed by atoms with Gasteiger partial charge in [-0.3, -0.25) is 0 Å². The predicted molar refractivity (Wildman–Crippen MR) is 67.2 cm³/mol. The molecule has 0 spiro atoms. The summed E-state index contributed by atoms with van der Waals surface area (Å²) in [5.74, 6) is 0. The normalized spacial score (nSPS) is 10.4. The number of hydrogen-bond acceptors (Lipinski definition) is 5. The Balaban J connectivity index is 1.96. The number of thioether (sulfide) groups is 1. The molecule has 16 heavy (non-hydrogen) atoms. The average molecular weight is 252 g/mol. The zero-order valence-corrected chi connectivity index (χ0v) is 10.8. The van der Waals surface area contributed by atoms with Crippen LogP contribution in [-0.2, 0) is 6.61 Å². The van der Waals surface area contributed by atoms with Crippen LogP contribution in [0.1, 0.15) is 11.1 Å². The van der Waals surface area contributed by atoms with Crippen molar-refractivity contribution < 1.29 is 4.74 Å². The van der Waals surface area contributed by atoms with E-state index in [0.717, 1.165) is 10.7 Å². The summed E-state index contributed by atoms with van der Waals surface area (Å²) >= 11 is 2.82. The molecule has 2 aromatic rings. The third kappa shape index (κ3) is 2.96. The van der Waals surface area contributed by atoms with E-state index >= 15 is 0 Å². The lowest BCUT2D eigenvalue weighted by Gasteiger charge is -2.02. The van der Waals surface area contributed by atoms with E-state index in [9.17, 15) is 0 Å². The van der Waals surface area contributed by atoms with Gasteiger partial charge in [0.15, 0.2) is 0 Å². The fraction of sp³-hybridized carbons (Fsp3) is 0.273. The summed E-state index contributed by atoms with van der Waals surface area (Å²) in [6.45, 7) is 2.62. The molecule has 0 N–H and O–H groups in total. The number of ether oxygens (including phenoxy) is 1. The minimum absolute atomic E-state index is 0.546. The number of hydrogen-bond donors (Lipinski definition) is 0. The fourth-order valence-corrected chi connectivity index (χ4v) is 2.36. The highest BCUT2D eigenvalue weighted by atomic mass is 32.2. The average Bonchev–Trinajstić information content (AvgIpc) is 2.74. The number of rotatable bonds is 4. The number of benzene rings is 1. The third-order valence-corrected chi connectivity index (χ3v) is 3.31. The molecule has 0 bridgehead atoms. The summed E-state index contributed by atoms with van der Waals surface area (Å²) in [6, 6.07) is 8.25. The molecule has 2 rings (SSSR count). The molecule has 1 aromatic heterocycles. The molecule has 1 aromatic carbocycles. The van der Waals surface area contributed by atoms with Crippen molar-refractivity contribution in [2.24, 2.45) is 0 Å². The highest BCUT2D eigenvalue weighted by Crippen LogP contribution is 2.20. The molecule has 0 saturated carbocycles. The van der Waals surface area contributed by atoms with E-state index < -0.39 is 0 Å². The topological polar surface area (TPSA) is 35.0 Å². The molecule has 0 amide bonds. The molecular weight excluding hydrogens is 240 g/mol. The van der Waals surface area contributed by atoms with E-state index in [1.165, 1.54) is 28.9 Å². The number of nitrogens with zero attached hydrogens (tertiary/aromatic N) is 2. The van der Waals surface area contributed by atoms with Gasteiger partial charge in [-0.15, -0.1) is 0 Å². The van der Waals surface area contributed by atoms with E-state index in [1.807, 2.05) is 18.4 Å². The van der Waals surface area contributed by atoms with Crippen molar-refractivity contribution >= 4 is 23.3 Å². The van der Waals surface area contributed by atoms with Gasteiger partial charge in [0.1, 0.15) is 6.61 Å². The Kier molecular flexibility index (Phi) is 3.79. The molecule has 0 saturated heterocycles. The van der Waals surface area contributed by atoms with Gasteiger partial charge in [-0.05, 0) is 18.7 Å². The summed E-state index contributed by atoms with van der Waals surface area (Å²) in [7, 11) is 0. The molecule has 0 aliphatic rings. The van der Waals surface area contributed by atoms with Crippen LogP contribution in [0, 0.1) is 6.92 Å². The fourth-order valence-electron chi connectivity index (χ4n) is 1.29. The lowest BCUT2D eigenvalue weighted by molar-refractivity contribution is 0.303. The van der Waals surface area contributed by atoms with Gasteiger partial charge in [-0.2, -0.15) is 9.36 Å². The van der Waals surface area contributed by atoms with Crippen LogP contribution in [0.4, 0.5) is 0 Å². The second-order valence-electron chi connectivity index (χ2n) is 3.32. The second-order valence-corrected chi connectivity index (χ2v) is 4.81. The molecule has 0 aliphatic heterocycles. The smallest absolute Gasteiger partial charge is 0.294 e. The van der Waals surface area contributed by atoms with Gasteiger partial charge in [0.2, 0.25) is 5.16 Å². The van der Waals surface area contributed by atoms with Crippen LogP contribution in [-0.4, -0.2) is 15.6 Å². The van der Waals surface area contributed by atoms with Crippen molar-refractivity contribution in [3.8, 4) is 5.19 Å². The van der Waals surface area contributed by atoms with Crippen molar-refractivity contribution in [3.05, 3.63) is 35.4 Å². The SMILES string of the molecule is CSc1nsc(OCc2cccc(C)c2)n1. The van der Waals surface area contributed by atoms with Crippen LogP contribution in [0.3, 0.4) is 0 Å². The highest BCUT2D eigenvalue weighted by Gasteiger charge is 2.03. The van der Waals surface area contributed by atoms with Gasteiger partial charge >= 0.3 is 0 Å². The molecule has 1 heterocycles. The third-order valence-electron chi connectivity index (χ3n) is 2.02. The molecule has 0 radical (unpaired) electrons. The lowest BCUT2D eigenvalue weighted by Crippen LogP contribution is -1.95. The Bertz CT molecular complexity index is 471. The molecule has 84 valence electrons. The molecule has 3 nitrogen and oxygen atoms in total. The predicted octanol–water partition coefficient (Wildman–Crippen LogP) is 3.15. The minimum atomic E-state index is 0.546. The van der Waals surface area contributed by atoms with Crippen molar-refractivity contribution in [1.82, 2.24) is 9.36 Å². The van der Waals surface area contributed by atoms with Crippen LogP contribution < -0.4 is 4.74 Å². The van der Waals surface area contributed by atoms with Crippen LogP contribution >= 0.6 is 23.3 Å². The standard InChI is InChI=1S/C11H12N2OS2/c1-8-4-3-5-9(6-8)7-14-11-12-10(15-2)13-16-11/h3-6H,7H2,1-2H3. The van der Waals surface area contributed by atoms with Gasteiger partial charge in [0.25, 0.3) is 5.19 Å². The number of aryl methyl sites for hydroxylation is 1. The highest BCUT2D eigenvalue weighted by molar-refractivity contribution is 7.98. The number of aromatic nitrogens is 2. The van der Waals surface area contributed by atoms with Crippen molar-refractivity contribution in [3.63, 3.8) is 0 Å². The van der Waals surface area contributed by atoms with E-state index in [4.69, 9.17) is 4.74 Å². The largest absolute Gasteiger partial charge is 0.464 e. The monoisotopic (exact) mass is 252 g/mol. The van der Waals surface area contributed by atoms with Gasteiger partial charge in [0, 0.05) is 11.5 Å². The first kappa shape index (κ1) is 11.4. The van der Waals surface area contributed by atoms with Crippen molar-refractivity contribution in [2.45, 2.75) is 18.7 Å². The Morgan fingerprint density at radius 2 is 2.31 bits per heavy atom. The van der Waals surface area contributed by atoms with Crippen LogP contribution in [0.2, 0.25) is 0 Å². The maximum atomic E-state index is 5.56. The van der Waals surface area contributed by atoms with Crippen molar-refractivity contribution in [1.29, 1.82) is 0 Å². The van der Waals surface area contributed by atoms with E-state index in [2.05, 4.69) is 28.4 Å².